The summed E-state index contributed by atoms with van der Waals surface area (Å²) in [5, 5.41) is 0. The molecule has 1 atom stereocenters. The van der Waals surface area contributed by atoms with Crippen molar-refractivity contribution in [3.05, 3.63) is 0 Å². The smallest absolute Gasteiger partial charge is 0.239 e. The van der Waals surface area contributed by atoms with E-state index >= 15 is 0 Å². The maximum atomic E-state index is 12.0. The minimum atomic E-state index is -0.287. The highest BCUT2D eigenvalue weighted by Crippen LogP contribution is 2.18. The minimum absolute atomic E-state index is 0.148. The van der Waals surface area contributed by atoms with Crippen molar-refractivity contribution in [1.29, 1.82) is 0 Å². The third kappa shape index (κ3) is 4.64. The lowest BCUT2D eigenvalue weighted by Gasteiger charge is -2.34. The van der Waals surface area contributed by atoms with Gasteiger partial charge in [0.2, 0.25) is 5.91 Å². The van der Waals surface area contributed by atoms with Crippen LogP contribution in [-0.4, -0.2) is 55.5 Å². The van der Waals surface area contributed by atoms with E-state index in [1.807, 2.05) is 4.90 Å². The maximum absolute atomic E-state index is 12.0. The Hall–Kier alpha value is -0.610. The Labute approximate surface area is 105 Å². The molecule has 4 heteroatoms. The lowest BCUT2D eigenvalue weighted by atomic mass is 9.95. The van der Waals surface area contributed by atoms with Gasteiger partial charge in [-0.2, -0.15) is 0 Å². The number of carbonyl (C=O) groups is 1. The molecule has 17 heavy (non-hydrogen) atoms. The fourth-order valence-electron chi connectivity index (χ4n) is 2.52. The van der Waals surface area contributed by atoms with Crippen LogP contribution in [0.4, 0.5) is 0 Å². The van der Waals surface area contributed by atoms with Crippen molar-refractivity contribution in [2.24, 2.45) is 11.7 Å². The van der Waals surface area contributed by atoms with Crippen molar-refractivity contribution in [2.75, 3.05) is 33.7 Å². The Balaban J connectivity index is 2.33. The lowest BCUT2D eigenvalue weighted by molar-refractivity contribution is -0.134. The molecule has 1 fully saturated rings. The third-order valence-corrected chi connectivity index (χ3v) is 3.47. The lowest BCUT2D eigenvalue weighted by Crippen LogP contribution is -2.47. The highest BCUT2D eigenvalue weighted by molar-refractivity contribution is 5.81. The van der Waals surface area contributed by atoms with E-state index in [1.165, 1.54) is 0 Å². The van der Waals surface area contributed by atoms with Gasteiger partial charge in [-0.1, -0.05) is 13.3 Å². The molecular weight excluding hydrogens is 214 g/mol. The largest absolute Gasteiger partial charge is 0.341 e. The van der Waals surface area contributed by atoms with Gasteiger partial charge in [-0.25, -0.2) is 0 Å². The average Bonchev–Trinajstić information content (AvgIpc) is 2.28. The van der Waals surface area contributed by atoms with Crippen LogP contribution in [0, 0.1) is 5.92 Å². The van der Waals surface area contributed by atoms with Crippen LogP contribution in [0.1, 0.15) is 32.6 Å². The highest BCUT2D eigenvalue weighted by atomic mass is 16.2. The summed E-state index contributed by atoms with van der Waals surface area (Å²) in [6, 6.07) is -0.287. The van der Waals surface area contributed by atoms with Crippen molar-refractivity contribution >= 4 is 5.91 Å². The van der Waals surface area contributed by atoms with Gasteiger partial charge in [0.15, 0.2) is 0 Å². The molecule has 1 rings (SSSR count). The van der Waals surface area contributed by atoms with Gasteiger partial charge < -0.3 is 15.5 Å². The topological polar surface area (TPSA) is 49.6 Å². The molecule has 0 radical (unpaired) electrons. The second-order valence-electron chi connectivity index (χ2n) is 5.43. The molecule has 0 aliphatic carbocycles. The Kier molecular flexibility index (Phi) is 5.92. The van der Waals surface area contributed by atoms with Crippen molar-refractivity contribution < 1.29 is 4.79 Å². The zero-order chi connectivity index (χ0) is 12.8. The first-order chi connectivity index (χ1) is 8.04. The molecule has 0 spiro atoms. The molecule has 0 aromatic rings. The van der Waals surface area contributed by atoms with Gasteiger partial charge in [0.05, 0.1) is 6.04 Å². The quantitative estimate of drug-likeness (QED) is 0.778. The second kappa shape index (κ2) is 6.97. The molecule has 0 bridgehead atoms. The molecule has 0 aromatic heterocycles. The zero-order valence-corrected chi connectivity index (χ0v) is 11.5. The molecule has 1 aliphatic rings. The van der Waals surface area contributed by atoms with Gasteiger partial charge in [0.25, 0.3) is 0 Å². The van der Waals surface area contributed by atoms with Crippen LogP contribution < -0.4 is 5.73 Å². The van der Waals surface area contributed by atoms with Crippen LogP contribution in [0.5, 0.6) is 0 Å². The Morgan fingerprint density at radius 2 is 2.00 bits per heavy atom. The molecule has 1 aliphatic heterocycles. The number of hydrogen-bond acceptors (Lipinski definition) is 3. The normalized spacial score (nSPS) is 19.7. The highest BCUT2D eigenvalue weighted by Gasteiger charge is 2.25. The van der Waals surface area contributed by atoms with Gasteiger partial charge in [0.1, 0.15) is 0 Å². The molecule has 4 nitrogen and oxygen atoms in total. The first-order valence-electron chi connectivity index (χ1n) is 6.73. The summed E-state index contributed by atoms with van der Waals surface area (Å²) in [4.78, 5) is 16.2. The summed E-state index contributed by atoms with van der Waals surface area (Å²) >= 11 is 0. The number of carbonyl (C=O) groups excluding carboxylic acids is 1. The summed E-state index contributed by atoms with van der Waals surface area (Å²) in [6.07, 6.45) is 4.01. The van der Waals surface area contributed by atoms with Crippen LogP contribution in [-0.2, 0) is 4.79 Å². The monoisotopic (exact) mass is 241 g/mol. The maximum Gasteiger partial charge on any atom is 0.239 e. The van der Waals surface area contributed by atoms with Crippen LogP contribution in [0.2, 0.25) is 0 Å². The number of nitrogens with two attached hydrogens (primary N) is 1. The number of piperidine rings is 1. The molecule has 0 aromatic carbocycles. The van der Waals surface area contributed by atoms with E-state index in [2.05, 4.69) is 25.9 Å². The number of amides is 1. The molecule has 1 amide bonds. The summed E-state index contributed by atoms with van der Waals surface area (Å²) in [6.45, 7) is 4.96. The fraction of sp³-hybridized carbons (Fsp3) is 0.923. The number of likely N-dealkylation sites (tertiary alicyclic amines) is 1. The van der Waals surface area contributed by atoms with Gasteiger partial charge in [0, 0.05) is 19.6 Å². The number of hydrogen-bond donors (Lipinski definition) is 1. The van der Waals surface area contributed by atoms with Gasteiger partial charge in [-0.15, -0.1) is 0 Å². The van der Waals surface area contributed by atoms with Crippen molar-refractivity contribution in [1.82, 2.24) is 9.80 Å². The van der Waals surface area contributed by atoms with Gasteiger partial charge in [-0.3, -0.25) is 4.79 Å². The van der Waals surface area contributed by atoms with Crippen molar-refractivity contribution in [3.63, 3.8) is 0 Å². The first kappa shape index (κ1) is 14.5. The average molecular weight is 241 g/mol. The predicted octanol–water partition coefficient (Wildman–Crippen LogP) is 0.914. The number of rotatable bonds is 5. The van der Waals surface area contributed by atoms with E-state index < -0.39 is 0 Å². The van der Waals surface area contributed by atoms with Crippen LogP contribution in [0.25, 0.3) is 0 Å². The van der Waals surface area contributed by atoms with Crippen LogP contribution in [0.15, 0.2) is 0 Å². The van der Waals surface area contributed by atoms with E-state index in [1.54, 1.807) is 0 Å². The Morgan fingerprint density at radius 3 is 2.47 bits per heavy atom. The van der Waals surface area contributed by atoms with E-state index in [4.69, 9.17) is 5.73 Å². The van der Waals surface area contributed by atoms with E-state index in [0.29, 0.717) is 0 Å². The van der Waals surface area contributed by atoms with Gasteiger partial charge in [-0.05, 0) is 39.3 Å². The third-order valence-electron chi connectivity index (χ3n) is 3.47. The molecule has 2 N–H and O–H groups in total. The standard InChI is InChI=1S/C13H27N3O/c1-4-5-12(14)13(17)16-8-6-11(7-9-16)10-15(2)3/h11-12H,4-10,14H2,1-3H3. The Morgan fingerprint density at radius 1 is 1.41 bits per heavy atom. The van der Waals surface area contributed by atoms with E-state index in [-0.39, 0.29) is 11.9 Å². The molecule has 1 saturated heterocycles. The molecule has 1 unspecified atom stereocenters. The molecular formula is C13H27N3O. The van der Waals surface area contributed by atoms with Crippen LogP contribution >= 0.6 is 0 Å². The van der Waals surface area contributed by atoms with Crippen molar-refractivity contribution in [2.45, 2.75) is 38.6 Å². The fourth-order valence-corrected chi connectivity index (χ4v) is 2.52. The summed E-state index contributed by atoms with van der Waals surface area (Å²) in [7, 11) is 4.21. The van der Waals surface area contributed by atoms with Crippen molar-refractivity contribution in [3.8, 4) is 0 Å². The zero-order valence-electron chi connectivity index (χ0n) is 11.5. The summed E-state index contributed by atoms with van der Waals surface area (Å²) in [5.41, 5.74) is 5.87. The van der Waals surface area contributed by atoms with Gasteiger partial charge >= 0.3 is 0 Å². The van der Waals surface area contributed by atoms with E-state index in [0.717, 1.165) is 51.2 Å². The molecule has 0 saturated carbocycles. The SMILES string of the molecule is CCCC(N)C(=O)N1CCC(CN(C)C)CC1. The first-order valence-corrected chi connectivity index (χ1v) is 6.73. The molecule has 100 valence electrons. The Bertz CT molecular complexity index is 235. The summed E-state index contributed by atoms with van der Waals surface area (Å²) in [5.74, 6) is 0.881. The summed E-state index contributed by atoms with van der Waals surface area (Å²) < 4.78 is 0. The number of nitrogens with zero attached hydrogens (tertiary/aromatic N) is 2. The van der Waals surface area contributed by atoms with E-state index in [9.17, 15) is 4.79 Å². The predicted molar refractivity (Wildman–Crippen MR) is 70.7 cm³/mol. The minimum Gasteiger partial charge on any atom is -0.341 e. The second-order valence-corrected chi connectivity index (χ2v) is 5.43. The molecule has 1 heterocycles. The van der Waals surface area contributed by atoms with Crippen LogP contribution in [0.3, 0.4) is 0 Å².